The molecule has 1 aromatic carbocycles. The van der Waals surface area contributed by atoms with E-state index in [2.05, 4.69) is 20.8 Å². The quantitative estimate of drug-likeness (QED) is 0.563. The number of benzene rings is 1. The molecular weight excluding hydrogens is 340 g/mol. The third-order valence-electron chi connectivity index (χ3n) is 5.45. The van der Waals surface area contributed by atoms with E-state index >= 15 is 0 Å². The molecule has 0 amide bonds. The highest BCUT2D eigenvalue weighted by Crippen LogP contribution is 2.37. The van der Waals surface area contributed by atoms with Crippen LogP contribution in [0.3, 0.4) is 0 Å². The van der Waals surface area contributed by atoms with E-state index < -0.39 is 0 Å². The lowest BCUT2D eigenvalue weighted by Crippen LogP contribution is -2.21. The Morgan fingerprint density at radius 2 is 1.41 bits per heavy atom. The summed E-state index contributed by atoms with van der Waals surface area (Å²) in [5, 5.41) is 0. The zero-order valence-electron chi connectivity index (χ0n) is 17.5. The van der Waals surface area contributed by atoms with Crippen LogP contribution in [0.1, 0.15) is 80.5 Å². The van der Waals surface area contributed by atoms with Crippen LogP contribution >= 0.6 is 0 Å². The number of methoxy groups -OCH3 is 2. The maximum absolute atomic E-state index is 13.0. The van der Waals surface area contributed by atoms with Gasteiger partial charge in [-0.25, -0.2) is 0 Å². The van der Waals surface area contributed by atoms with Crippen LogP contribution in [0.15, 0.2) is 23.3 Å². The van der Waals surface area contributed by atoms with Crippen LogP contribution in [-0.4, -0.2) is 25.8 Å². The van der Waals surface area contributed by atoms with Gasteiger partial charge in [0.1, 0.15) is 0 Å². The van der Waals surface area contributed by atoms with Gasteiger partial charge in [-0.3, -0.25) is 9.59 Å². The number of fused-ring (bicyclic) bond motifs is 1. The van der Waals surface area contributed by atoms with Gasteiger partial charge in [0.15, 0.2) is 23.1 Å². The van der Waals surface area contributed by atoms with Crippen molar-refractivity contribution in [1.82, 2.24) is 0 Å². The fourth-order valence-corrected chi connectivity index (χ4v) is 3.64. The molecule has 0 aliphatic heterocycles. The molecule has 0 spiro atoms. The molecule has 0 aromatic heterocycles. The second kappa shape index (κ2) is 9.20. The van der Waals surface area contributed by atoms with Crippen LogP contribution in [0, 0.1) is 11.8 Å². The second-order valence-electron chi connectivity index (χ2n) is 7.98. The molecule has 0 saturated heterocycles. The van der Waals surface area contributed by atoms with E-state index in [9.17, 15) is 9.59 Å². The van der Waals surface area contributed by atoms with E-state index in [4.69, 9.17) is 9.47 Å². The van der Waals surface area contributed by atoms with Crippen molar-refractivity contribution in [3.8, 4) is 11.5 Å². The minimum absolute atomic E-state index is 0.0579. The van der Waals surface area contributed by atoms with Crippen LogP contribution in [0.4, 0.5) is 0 Å². The summed E-state index contributed by atoms with van der Waals surface area (Å²) in [7, 11) is 3.05. The number of hydrogen-bond donors (Lipinski definition) is 0. The highest BCUT2D eigenvalue weighted by molar-refractivity contribution is 6.27. The molecule has 1 aliphatic rings. The maximum atomic E-state index is 13.0. The first-order valence-corrected chi connectivity index (χ1v) is 9.85. The maximum Gasteiger partial charge on any atom is 0.190 e. The van der Waals surface area contributed by atoms with Crippen molar-refractivity contribution in [3.63, 3.8) is 0 Å². The molecule has 27 heavy (non-hydrogen) atoms. The molecule has 1 atom stereocenters. The van der Waals surface area contributed by atoms with E-state index in [1.165, 1.54) is 27.1 Å². The van der Waals surface area contributed by atoms with Gasteiger partial charge in [0.25, 0.3) is 0 Å². The molecule has 4 heteroatoms. The molecule has 0 radical (unpaired) electrons. The summed E-state index contributed by atoms with van der Waals surface area (Å²) in [5.41, 5.74) is 2.04. The zero-order chi connectivity index (χ0) is 20.1. The Morgan fingerprint density at radius 3 is 1.93 bits per heavy atom. The fourth-order valence-electron chi connectivity index (χ4n) is 3.64. The van der Waals surface area contributed by atoms with Crippen molar-refractivity contribution in [2.75, 3.05) is 14.2 Å². The molecule has 1 aliphatic carbocycles. The number of ether oxygens (including phenoxy) is 2. The Morgan fingerprint density at radius 1 is 0.852 bits per heavy atom. The number of carbonyl (C=O) groups excluding carboxylic acids is 2. The summed E-state index contributed by atoms with van der Waals surface area (Å²) in [4.78, 5) is 25.9. The SMILES string of the molecule is COc1cc2c(cc1OC)C(=O)C(CCC(C)CCCC(C)C)=C(C)C2=O. The molecule has 0 saturated carbocycles. The average molecular weight is 373 g/mol. The van der Waals surface area contributed by atoms with Gasteiger partial charge < -0.3 is 9.47 Å². The van der Waals surface area contributed by atoms with Crippen LogP contribution in [-0.2, 0) is 0 Å². The van der Waals surface area contributed by atoms with Gasteiger partial charge in [0, 0.05) is 22.3 Å². The Hall–Kier alpha value is -2.10. The van der Waals surface area contributed by atoms with Gasteiger partial charge in [-0.05, 0) is 43.7 Å². The number of ketones is 2. The largest absolute Gasteiger partial charge is 0.493 e. The van der Waals surface area contributed by atoms with Crippen LogP contribution in [0.25, 0.3) is 0 Å². The summed E-state index contributed by atoms with van der Waals surface area (Å²) < 4.78 is 10.6. The van der Waals surface area contributed by atoms with Crippen molar-refractivity contribution < 1.29 is 19.1 Å². The number of allylic oxidation sites excluding steroid dienone is 2. The molecular formula is C23H32O4. The Kier molecular flexibility index (Phi) is 7.23. The minimum atomic E-state index is -0.0898. The first kappa shape index (κ1) is 21.2. The van der Waals surface area contributed by atoms with Crippen LogP contribution in [0.2, 0.25) is 0 Å². The van der Waals surface area contributed by atoms with Crippen LogP contribution in [0.5, 0.6) is 11.5 Å². The smallest absolute Gasteiger partial charge is 0.190 e. The topological polar surface area (TPSA) is 52.6 Å². The minimum Gasteiger partial charge on any atom is -0.493 e. The lowest BCUT2D eigenvalue weighted by atomic mass is 9.81. The summed E-state index contributed by atoms with van der Waals surface area (Å²) in [6.07, 6.45) is 5.18. The predicted octanol–water partition coefficient (Wildman–Crippen LogP) is 5.64. The summed E-state index contributed by atoms with van der Waals surface area (Å²) in [6, 6.07) is 3.25. The predicted molar refractivity (Wildman–Crippen MR) is 108 cm³/mol. The first-order chi connectivity index (χ1) is 12.8. The fraction of sp³-hybridized carbons (Fsp3) is 0.565. The molecule has 4 nitrogen and oxygen atoms in total. The molecule has 0 heterocycles. The molecule has 1 aromatic rings. The first-order valence-electron chi connectivity index (χ1n) is 9.85. The van der Waals surface area contributed by atoms with Gasteiger partial charge >= 0.3 is 0 Å². The third kappa shape index (κ3) is 4.79. The molecule has 2 rings (SSSR count). The number of rotatable bonds is 9. The average Bonchev–Trinajstić information content (AvgIpc) is 2.64. The Bertz CT molecular complexity index is 743. The normalized spacial score (nSPS) is 15.2. The van der Waals surface area contributed by atoms with Crippen molar-refractivity contribution in [3.05, 3.63) is 34.4 Å². The van der Waals surface area contributed by atoms with Gasteiger partial charge in [-0.2, -0.15) is 0 Å². The van der Waals surface area contributed by atoms with Gasteiger partial charge in [-0.1, -0.05) is 40.0 Å². The van der Waals surface area contributed by atoms with Crippen LogP contribution < -0.4 is 9.47 Å². The van der Waals surface area contributed by atoms with Crippen molar-refractivity contribution in [1.29, 1.82) is 0 Å². The molecule has 148 valence electrons. The number of Topliss-reactive ketones (excluding diaryl/α,β-unsaturated/α-hetero) is 2. The molecule has 0 fully saturated rings. The summed E-state index contributed by atoms with van der Waals surface area (Å²) >= 11 is 0. The van der Waals surface area contributed by atoms with E-state index in [-0.39, 0.29) is 11.6 Å². The van der Waals surface area contributed by atoms with Crippen molar-refractivity contribution in [2.45, 2.75) is 59.8 Å². The molecule has 1 unspecified atom stereocenters. The number of hydrogen-bond acceptors (Lipinski definition) is 4. The Labute approximate surface area is 162 Å². The lowest BCUT2D eigenvalue weighted by Gasteiger charge is -2.22. The van der Waals surface area contributed by atoms with Gasteiger partial charge in [0.2, 0.25) is 0 Å². The highest BCUT2D eigenvalue weighted by Gasteiger charge is 2.31. The van der Waals surface area contributed by atoms with E-state index in [1.54, 1.807) is 19.1 Å². The van der Waals surface area contributed by atoms with Crippen molar-refractivity contribution in [2.24, 2.45) is 11.8 Å². The van der Waals surface area contributed by atoms with E-state index in [1.807, 2.05) is 0 Å². The second-order valence-corrected chi connectivity index (χ2v) is 7.98. The Balaban J connectivity index is 2.17. The van der Waals surface area contributed by atoms with E-state index in [0.29, 0.717) is 46.1 Å². The standard InChI is InChI=1S/C23H32O4/c1-14(2)8-7-9-15(3)10-11-17-16(4)22(24)18-12-20(26-5)21(27-6)13-19(18)23(17)25/h12-15H,7-11H2,1-6H3. The number of carbonyl (C=O) groups is 2. The molecule has 0 N–H and O–H groups in total. The third-order valence-corrected chi connectivity index (χ3v) is 5.45. The monoisotopic (exact) mass is 372 g/mol. The highest BCUT2D eigenvalue weighted by atomic mass is 16.5. The summed E-state index contributed by atoms with van der Waals surface area (Å²) in [5.74, 6) is 2.05. The van der Waals surface area contributed by atoms with E-state index in [0.717, 1.165) is 18.8 Å². The lowest BCUT2D eigenvalue weighted by molar-refractivity contribution is 0.0970. The zero-order valence-corrected chi connectivity index (χ0v) is 17.5. The summed E-state index contributed by atoms with van der Waals surface area (Å²) in [6.45, 7) is 8.48. The molecule has 0 bridgehead atoms. The van der Waals surface area contributed by atoms with Gasteiger partial charge in [-0.15, -0.1) is 0 Å². The van der Waals surface area contributed by atoms with Gasteiger partial charge in [0.05, 0.1) is 14.2 Å². The van der Waals surface area contributed by atoms with Crippen molar-refractivity contribution >= 4 is 11.6 Å².